The molecule has 4 rings (SSSR count). The van der Waals surface area contributed by atoms with E-state index >= 15 is 0 Å². The molecule has 0 saturated heterocycles. The van der Waals surface area contributed by atoms with Gasteiger partial charge in [-0.2, -0.15) is 0 Å². The Kier molecular flexibility index (Phi) is 5.33. The van der Waals surface area contributed by atoms with Crippen LogP contribution in [0.3, 0.4) is 0 Å². The molecular weight excluding hydrogens is 360 g/mol. The molecule has 29 heavy (non-hydrogen) atoms. The van der Waals surface area contributed by atoms with E-state index in [1.54, 1.807) is 7.11 Å². The van der Waals surface area contributed by atoms with Crippen LogP contribution >= 0.6 is 0 Å². The lowest BCUT2D eigenvalue weighted by atomic mass is 10.0. The molecule has 152 valence electrons. The van der Waals surface area contributed by atoms with Crippen LogP contribution in [-0.4, -0.2) is 48.7 Å². The van der Waals surface area contributed by atoms with Gasteiger partial charge in [0.1, 0.15) is 11.6 Å². The minimum atomic E-state index is 0.881. The van der Waals surface area contributed by atoms with Crippen molar-refractivity contribution in [2.75, 3.05) is 39.6 Å². The van der Waals surface area contributed by atoms with Gasteiger partial charge in [0.15, 0.2) is 0 Å². The first kappa shape index (κ1) is 19.5. The van der Waals surface area contributed by atoms with Gasteiger partial charge in [-0.3, -0.25) is 0 Å². The number of fused-ring (bicyclic) bond motifs is 5. The summed E-state index contributed by atoms with van der Waals surface area (Å²) in [5, 5.41) is 8.52. The molecule has 4 aromatic rings. The lowest BCUT2D eigenvalue weighted by molar-refractivity contribution is 0.405. The highest BCUT2D eigenvalue weighted by molar-refractivity contribution is 6.24. The van der Waals surface area contributed by atoms with Crippen molar-refractivity contribution in [3.63, 3.8) is 0 Å². The Morgan fingerprint density at radius 2 is 1.97 bits per heavy atom. The van der Waals surface area contributed by atoms with E-state index < -0.39 is 0 Å². The van der Waals surface area contributed by atoms with Gasteiger partial charge in [-0.25, -0.2) is 4.98 Å². The summed E-state index contributed by atoms with van der Waals surface area (Å²) in [6.07, 6.45) is 4.06. The maximum Gasteiger partial charge on any atom is 0.136 e. The van der Waals surface area contributed by atoms with Crippen molar-refractivity contribution in [2.24, 2.45) is 7.05 Å². The molecule has 1 N–H and O–H groups in total. The Bertz CT molecular complexity index is 1180. The molecule has 5 heteroatoms. The summed E-state index contributed by atoms with van der Waals surface area (Å²) in [5.74, 6) is 1.86. The first-order chi connectivity index (χ1) is 14.0. The van der Waals surface area contributed by atoms with Gasteiger partial charge in [0.25, 0.3) is 0 Å². The van der Waals surface area contributed by atoms with Crippen molar-refractivity contribution < 1.29 is 4.74 Å². The number of rotatable bonds is 7. The number of nitrogens with one attached hydrogen (secondary N) is 1. The third kappa shape index (κ3) is 3.40. The highest BCUT2D eigenvalue weighted by Gasteiger charge is 2.18. The lowest BCUT2D eigenvalue weighted by Gasteiger charge is -2.12. The predicted octanol–water partition coefficient (Wildman–Crippen LogP) is 4.81. The number of anilines is 1. The van der Waals surface area contributed by atoms with E-state index in [4.69, 9.17) is 9.72 Å². The van der Waals surface area contributed by atoms with Gasteiger partial charge >= 0.3 is 0 Å². The topological polar surface area (TPSA) is 42.3 Å². The Morgan fingerprint density at radius 3 is 2.69 bits per heavy atom. The molecule has 0 unspecified atom stereocenters. The third-order valence-electron chi connectivity index (χ3n) is 5.73. The van der Waals surface area contributed by atoms with Crippen molar-refractivity contribution in [2.45, 2.75) is 19.8 Å². The standard InChI is InChI=1S/C24H30N4O/c1-6-16-15-26-24(25-12-7-13-27(2)3)22-21-19-10-9-18(29-5)14-17(19)8-11-20(21)28(4)23(16)22/h8-11,14-15H,6-7,12-13H2,1-5H3,(H,25,26). The number of methoxy groups -OCH3 is 1. The Labute approximate surface area is 172 Å². The molecule has 0 atom stereocenters. The largest absolute Gasteiger partial charge is 0.497 e. The molecule has 0 amide bonds. The highest BCUT2D eigenvalue weighted by atomic mass is 16.5. The van der Waals surface area contributed by atoms with Crippen LogP contribution in [0.4, 0.5) is 5.82 Å². The van der Waals surface area contributed by atoms with Crippen molar-refractivity contribution >= 4 is 38.4 Å². The second-order valence-electron chi connectivity index (χ2n) is 7.90. The summed E-state index contributed by atoms with van der Waals surface area (Å²) in [6.45, 7) is 4.16. The van der Waals surface area contributed by atoms with Gasteiger partial charge in [0.05, 0.1) is 18.0 Å². The monoisotopic (exact) mass is 390 g/mol. The molecule has 0 bridgehead atoms. The van der Waals surface area contributed by atoms with Gasteiger partial charge in [-0.1, -0.05) is 13.0 Å². The lowest BCUT2D eigenvalue weighted by Crippen LogP contribution is -2.16. The quantitative estimate of drug-likeness (QED) is 0.460. The number of benzene rings is 2. The second-order valence-corrected chi connectivity index (χ2v) is 7.90. The number of aromatic nitrogens is 2. The minimum absolute atomic E-state index is 0.881. The van der Waals surface area contributed by atoms with Crippen LogP contribution in [0.5, 0.6) is 5.75 Å². The fourth-order valence-corrected chi connectivity index (χ4v) is 4.24. The smallest absolute Gasteiger partial charge is 0.136 e. The van der Waals surface area contributed by atoms with E-state index in [1.807, 2.05) is 12.3 Å². The zero-order valence-corrected chi connectivity index (χ0v) is 18.0. The zero-order chi connectivity index (χ0) is 20.5. The maximum absolute atomic E-state index is 5.44. The molecule has 0 fully saturated rings. The zero-order valence-electron chi connectivity index (χ0n) is 18.0. The van der Waals surface area contributed by atoms with Gasteiger partial charge in [0.2, 0.25) is 0 Å². The van der Waals surface area contributed by atoms with Gasteiger partial charge in [-0.05, 0) is 74.1 Å². The Hall–Kier alpha value is -2.79. The van der Waals surface area contributed by atoms with E-state index in [-0.39, 0.29) is 0 Å². The first-order valence-corrected chi connectivity index (χ1v) is 10.3. The Morgan fingerprint density at radius 1 is 1.14 bits per heavy atom. The van der Waals surface area contributed by atoms with Crippen LogP contribution in [0.15, 0.2) is 36.5 Å². The number of pyridine rings is 1. The van der Waals surface area contributed by atoms with E-state index in [9.17, 15) is 0 Å². The molecule has 0 aliphatic rings. The molecule has 2 aromatic heterocycles. The van der Waals surface area contributed by atoms with Crippen LogP contribution in [0.25, 0.3) is 32.6 Å². The molecule has 0 spiro atoms. The fraction of sp³-hybridized carbons (Fsp3) is 0.375. The normalized spacial score (nSPS) is 11.8. The van der Waals surface area contributed by atoms with Crippen LogP contribution in [-0.2, 0) is 13.5 Å². The SMILES string of the molecule is CCc1cnc(NCCCN(C)C)c2c3c4ccc(OC)cc4ccc3n(C)c12. The van der Waals surface area contributed by atoms with Gasteiger partial charge < -0.3 is 19.5 Å². The summed E-state index contributed by atoms with van der Waals surface area (Å²) < 4.78 is 7.76. The summed E-state index contributed by atoms with van der Waals surface area (Å²) in [5.41, 5.74) is 3.78. The molecule has 0 aliphatic heterocycles. The molecule has 2 heterocycles. The van der Waals surface area contributed by atoms with E-state index in [0.29, 0.717) is 0 Å². The molecular formula is C24H30N4O. The van der Waals surface area contributed by atoms with Gasteiger partial charge in [0, 0.05) is 30.7 Å². The van der Waals surface area contributed by atoms with E-state index in [1.165, 1.54) is 38.1 Å². The summed E-state index contributed by atoms with van der Waals surface area (Å²) in [4.78, 5) is 7.05. The van der Waals surface area contributed by atoms with Crippen molar-refractivity contribution in [3.8, 4) is 5.75 Å². The summed E-state index contributed by atoms with van der Waals surface area (Å²) in [7, 11) is 8.09. The van der Waals surface area contributed by atoms with Crippen LogP contribution in [0.1, 0.15) is 18.9 Å². The average molecular weight is 391 g/mol. The van der Waals surface area contributed by atoms with E-state index in [2.05, 4.69) is 67.1 Å². The highest BCUT2D eigenvalue weighted by Crippen LogP contribution is 2.39. The van der Waals surface area contributed by atoms with Crippen molar-refractivity contribution in [3.05, 3.63) is 42.1 Å². The minimum Gasteiger partial charge on any atom is -0.497 e. The number of hydrogen-bond donors (Lipinski definition) is 1. The number of ether oxygens (including phenoxy) is 1. The molecule has 2 aromatic carbocycles. The Balaban J connectivity index is 1.96. The van der Waals surface area contributed by atoms with Crippen molar-refractivity contribution in [1.82, 2.24) is 14.5 Å². The van der Waals surface area contributed by atoms with Crippen molar-refractivity contribution in [1.29, 1.82) is 0 Å². The number of nitrogens with zero attached hydrogens (tertiary/aromatic N) is 3. The van der Waals surface area contributed by atoms with Crippen LogP contribution in [0.2, 0.25) is 0 Å². The average Bonchev–Trinajstić information content (AvgIpc) is 3.04. The molecule has 0 radical (unpaired) electrons. The second kappa shape index (κ2) is 7.91. The van der Waals surface area contributed by atoms with Crippen LogP contribution in [0, 0.1) is 0 Å². The third-order valence-corrected chi connectivity index (χ3v) is 5.73. The summed E-state index contributed by atoms with van der Waals surface area (Å²) in [6, 6.07) is 10.7. The number of aryl methyl sites for hydroxylation is 2. The number of hydrogen-bond acceptors (Lipinski definition) is 4. The van der Waals surface area contributed by atoms with Crippen LogP contribution < -0.4 is 10.1 Å². The fourth-order valence-electron chi connectivity index (χ4n) is 4.24. The maximum atomic E-state index is 5.44. The first-order valence-electron chi connectivity index (χ1n) is 10.3. The molecule has 0 saturated carbocycles. The van der Waals surface area contributed by atoms with Gasteiger partial charge in [-0.15, -0.1) is 0 Å². The van der Waals surface area contributed by atoms with E-state index in [0.717, 1.165) is 37.5 Å². The predicted molar refractivity (Wildman–Crippen MR) is 123 cm³/mol. The molecule has 5 nitrogen and oxygen atoms in total. The molecule has 0 aliphatic carbocycles. The summed E-state index contributed by atoms with van der Waals surface area (Å²) >= 11 is 0.